The Kier molecular flexibility index (Phi) is 7.22. The van der Waals surface area contributed by atoms with Crippen molar-refractivity contribution in [1.82, 2.24) is 24.1 Å². The Morgan fingerprint density at radius 1 is 0.974 bits per heavy atom. The Labute approximate surface area is 212 Å². The highest BCUT2D eigenvalue weighted by Gasteiger charge is 2.50. The number of piperidine rings is 1. The molecule has 1 aliphatic rings. The number of hydrogen-bond acceptors (Lipinski definition) is 6. The van der Waals surface area contributed by atoms with Crippen molar-refractivity contribution in [3.63, 3.8) is 0 Å². The first-order valence-electron chi connectivity index (χ1n) is 11.1. The van der Waals surface area contributed by atoms with Crippen LogP contribution in [-0.4, -0.2) is 57.0 Å². The molecule has 1 aliphatic heterocycles. The van der Waals surface area contributed by atoms with Gasteiger partial charge < -0.3 is 5.32 Å². The summed E-state index contributed by atoms with van der Waals surface area (Å²) in [4.78, 5) is 20.8. The Bertz CT molecular complexity index is 1410. The fourth-order valence-corrected chi connectivity index (χ4v) is 4.98. The minimum Gasteiger partial charge on any atom is -0.320 e. The van der Waals surface area contributed by atoms with Crippen LogP contribution < -0.4 is 5.32 Å². The van der Waals surface area contributed by atoms with Crippen LogP contribution >= 0.6 is 0 Å². The Morgan fingerprint density at radius 2 is 1.66 bits per heavy atom. The van der Waals surface area contributed by atoms with E-state index in [0.717, 1.165) is 12.1 Å². The zero-order valence-corrected chi connectivity index (χ0v) is 20.4. The molecule has 0 spiro atoms. The molecule has 16 heteroatoms. The third kappa shape index (κ3) is 5.50. The number of halogens is 6. The SMILES string of the molecule is Cc1c(C(=O)Nc2ccc(C3CCN(S(=O)(=O)C(F)(F)F)CC3)nc2)cnn1-c1ccc(C(F)(F)F)cn1. The molecule has 204 valence electrons. The number of carbonyl (C=O) groups excluding carboxylic acids is 1. The van der Waals surface area contributed by atoms with E-state index in [9.17, 15) is 39.6 Å². The van der Waals surface area contributed by atoms with Crippen molar-refractivity contribution >= 4 is 21.6 Å². The van der Waals surface area contributed by atoms with Gasteiger partial charge in [0.15, 0.2) is 5.82 Å². The molecule has 0 unspecified atom stereocenters. The van der Waals surface area contributed by atoms with Crippen LogP contribution in [0.25, 0.3) is 5.82 Å². The zero-order valence-electron chi connectivity index (χ0n) is 19.6. The first-order chi connectivity index (χ1) is 17.7. The van der Waals surface area contributed by atoms with Crippen LogP contribution in [0, 0.1) is 6.92 Å². The summed E-state index contributed by atoms with van der Waals surface area (Å²) in [6.45, 7) is 0.974. The van der Waals surface area contributed by atoms with Crippen molar-refractivity contribution in [1.29, 1.82) is 0 Å². The lowest BCUT2D eigenvalue weighted by molar-refractivity contribution is -0.137. The van der Waals surface area contributed by atoms with E-state index in [1.54, 1.807) is 19.1 Å². The van der Waals surface area contributed by atoms with Crippen LogP contribution in [0.1, 0.15) is 46.1 Å². The molecule has 0 atom stereocenters. The number of amides is 1. The van der Waals surface area contributed by atoms with Gasteiger partial charge in [-0.1, -0.05) is 0 Å². The van der Waals surface area contributed by atoms with Gasteiger partial charge >= 0.3 is 21.7 Å². The normalized spacial score (nSPS) is 16.0. The molecule has 38 heavy (non-hydrogen) atoms. The summed E-state index contributed by atoms with van der Waals surface area (Å²) in [6, 6.07) is 5.14. The van der Waals surface area contributed by atoms with Gasteiger partial charge in [0, 0.05) is 30.9 Å². The van der Waals surface area contributed by atoms with Crippen molar-refractivity contribution in [3.8, 4) is 5.82 Å². The number of hydrogen-bond donors (Lipinski definition) is 1. The van der Waals surface area contributed by atoms with Gasteiger partial charge in [-0.15, -0.1) is 0 Å². The maximum Gasteiger partial charge on any atom is 0.511 e. The van der Waals surface area contributed by atoms with Gasteiger partial charge in [0.1, 0.15) is 0 Å². The molecular formula is C22H20F6N6O3S. The fourth-order valence-electron chi connectivity index (χ4n) is 4.00. The summed E-state index contributed by atoms with van der Waals surface area (Å²) in [5.74, 6) is -0.716. The smallest absolute Gasteiger partial charge is 0.320 e. The highest BCUT2D eigenvalue weighted by atomic mass is 32.2. The van der Waals surface area contributed by atoms with E-state index in [0.29, 0.717) is 27.6 Å². The predicted octanol–water partition coefficient (Wildman–Crippen LogP) is 4.27. The average Bonchev–Trinajstić information content (AvgIpc) is 3.25. The number of rotatable bonds is 5. The number of anilines is 1. The van der Waals surface area contributed by atoms with Gasteiger partial charge in [0.05, 0.1) is 34.9 Å². The van der Waals surface area contributed by atoms with Crippen LogP contribution in [-0.2, 0) is 16.2 Å². The van der Waals surface area contributed by atoms with E-state index in [2.05, 4.69) is 20.4 Å². The molecule has 4 heterocycles. The second kappa shape index (κ2) is 9.98. The third-order valence-corrected chi connectivity index (χ3v) is 7.73. The number of nitrogens with one attached hydrogen (secondary N) is 1. The second-order valence-electron chi connectivity index (χ2n) is 8.51. The number of sulfonamides is 1. The first kappa shape index (κ1) is 27.5. The quantitative estimate of drug-likeness (QED) is 0.465. The van der Waals surface area contributed by atoms with Crippen molar-refractivity contribution < 1.29 is 39.6 Å². The van der Waals surface area contributed by atoms with E-state index in [1.165, 1.54) is 17.1 Å². The van der Waals surface area contributed by atoms with Crippen molar-refractivity contribution in [3.05, 3.63) is 65.4 Å². The van der Waals surface area contributed by atoms with Crippen LogP contribution in [0.3, 0.4) is 0 Å². The Hall–Kier alpha value is -3.53. The molecule has 1 saturated heterocycles. The van der Waals surface area contributed by atoms with E-state index >= 15 is 0 Å². The van der Waals surface area contributed by atoms with Gasteiger partial charge in [0.25, 0.3) is 5.91 Å². The maximum atomic E-state index is 12.8. The number of aromatic nitrogens is 4. The van der Waals surface area contributed by atoms with Crippen LogP contribution in [0.4, 0.5) is 32.0 Å². The molecule has 0 saturated carbocycles. The van der Waals surface area contributed by atoms with Gasteiger partial charge in [0.2, 0.25) is 0 Å². The lowest BCUT2D eigenvalue weighted by Crippen LogP contribution is -2.44. The van der Waals surface area contributed by atoms with Crippen LogP contribution in [0.15, 0.2) is 42.9 Å². The summed E-state index contributed by atoms with van der Waals surface area (Å²) in [5, 5.41) is 6.66. The molecule has 9 nitrogen and oxygen atoms in total. The summed E-state index contributed by atoms with van der Waals surface area (Å²) in [6.07, 6.45) is -0.945. The molecule has 1 N–H and O–H groups in total. The summed E-state index contributed by atoms with van der Waals surface area (Å²) in [7, 11) is -5.37. The van der Waals surface area contributed by atoms with Gasteiger partial charge in [-0.2, -0.15) is 35.7 Å². The Balaban J connectivity index is 1.39. The third-order valence-electron chi connectivity index (χ3n) is 6.10. The zero-order chi connectivity index (χ0) is 27.9. The number of carbonyl (C=O) groups is 1. The number of nitrogens with zero attached hydrogens (tertiary/aromatic N) is 5. The second-order valence-corrected chi connectivity index (χ2v) is 10.4. The summed E-state index contributed by atoms with van der Waals surface area (Å²) >= 11 is 0. The number of pyridine rings is 2. The van der Waals surface area contributed by atoms with Crippen molar-refractivity contribution in [2.75, 3.05) is 18.4 Å². The van der Waals surface area contributed by atoms with E-state index in [1.807, 2.05) is 0 Å². The predicted molar refractivity (Wildman–Crippen MR) is 122 cm³/mol. The minimum absolute atomic E-state index is 0.0923. The molecule has 0 bridgehead atoms. The minimum atomic E-state index is -5.37. The van der Waals surface area contributed by atoms with Gasteiger partial charge in [-0.25, -0.2) is 18.1 Å². The van der Waals surface area contributed by atoms with Crippen LogP contribution in [0.5, 0.6) is 0 Å². The molecule has 1 fully saturated rings. The topological polar surface area (TPSA) is 110 Å². The molecular weight excluding hydrogens is 542 g/mol. The molecule has 4 rings (SSSR count). The molecule has 0 aliphatic carbocycles. The molecule has 3 aromatic heterocycles. The van der Waals surface area contributed by atoms with Gasteiger partial charge in [-0.3, -0.25) is 9.78 Å². The average molecular weight is 562 g/mol. The molecule has 1 amide bonds. The van der Waals surface area contributed by atoms with E-state index < -0.39 is 33.2 Å². The lowest BCUT2D eigenvalue weighted by atomic mass is 9.94. The van der Waals surface area contributed by atoms with Crippen LogP contribution in [0.2, 0.25) is 0 Å². The standard InChI is InChI=1S/C22H20F6N6O3S/c1-13-17(12-31-34(13)19-5-2-15(10-30-19)21(23,24)25)20(35)32-16-3-4-18(29-11-16)14-6-8-33(9-7-14)38(36,37)22(26,27)28/h2-5,10-12,14H,6-9H2,1H3,(H,32,35). The Morgan fingerprint density at radius 3 is 2.18 bits per heavy atom. The lowest BCUT2D eigenvalue weighted by Gasteiger charge is -2.31. The first-order valence-corrected chi connectivity index (χ1v) is 12.5. The van der Waals surface area contributed by atoms with Crippen molar-refractivity contribution in [2.45, 2.75) is 37.4 Å². The van der Waals surface area contributed by atoms with Crippen molar-refractivity contribution in [2.24, 2.45) is 0 Å². The summed E-state index contributed by atoms with van der Waals surface area (Å²) < 4.78 is 101. The van der Waals surface area contributed by atoms with Gasteiger partial charge in [-0.05, 0) is 44.0 Å². The van der Waals surface area contributed by atoms with E-state index in [4.69, 9.17) is 0 Å². The highest BCUT2D eigenvalue weighted by Crippen LogP contribution is 2.33. The fraction of sp³-hybridized carbons (Fsp3) is 0.364. The largest absolute Gasteiger partial charge is 0.511 e. The summed E-state index contributed by atoms with van der Waals surface area (Å²) in [5.41, 5.74) is -4.92. The molecule has 0 radical (unpaired) electrons. The highest BCUT2D eigenvalue weighted by molar-refractivity contribution is 7.90. The van der Waals surface area contributed by atoms with E-state index in [-0.39, 0.29) is 43.2 Å². The maximum absolute atomic E-state index is 12.8. The number of alkyl halides is 6. The molecule has 3 aromatic rings. The molecule has 0 aromatic carbocycles. The monoisotopic (exact) mass is 562 g/mol.